The topological polar surface area (TPSA) is 163 Å². The Morgan fingerprint density at radius 2 is 1.73 bits per heavy atom. The molecule has 3 atom stereocenters. The number of benzene rings is 2. The van der Waals surface area contributed by atoms with E-state index in [1.165, 1.54) is 4.90 Å². The summed E-state index contributed by atoms with van der Waals surface area (Å²) in [5.41, 5.74) is 11.2. The smallest absolute Gasteiger partial charge is 0.407 e. The molecule has 230 valence electrons. The van der Waals surface area contributed by atoms with Crippen molar-refractivity contribution >= 4 is 30.1 Å². The van der Waals surface area contributed by atoms with Gasteiger partial charge in [-0.15, -0.1) is 0 Å². The van der Waals surface area contributed by atoms with Crippen LogP contribution in [0, 0.1) is 0 Å². The second kappa shape index (κ2) is 13.6. The van der Waals surface area contributed by atoms with Crippen molar-refractivity contribution in [3.05, 3.63) is 83.7 Å². The van der Waals surface area contributed by atoms with Gasteiger partial charge in [0.2, 0.25) is 11.8 Å². The van der Waals surface area contributed by atoms with Gasteiger partial charge in [-0.05, 0) is 59.9 Å². The zero-order valence-electron chi connectivity index (χ0n) is 24.4. The second-order valence-corrected chi connectivity index (χ2v) is 11.3. The van der Waals surface area contributed by atoms with Gasteiger partial charge in [0.1, 0.15) is 24.7 Å². The molecule has 0 spiro atoms. The molecule has 1 saturated heterocycles. The number of hydrogen-bond donors (Lipinski definition) is 4. The van der Waals surface area contributed by atoms with Gasteiger partial charge in [-0.25, -0.2) is 9.59 Å². The zero-order chi connectivity index (χ0) is 31.2. The van der Waals surface area contributed by atoms with Crippen molar-refractivity contribution in [3.63, 3.8) is 0 Å². The standard InChI is InChI=1S/C33H37N5O6/c1-20(34)12-13-27(31(40)38-16-6-11-29(38)32(41)42)36-30(39)28(17-21-14-15-35-18-21)37-33(43)44-19-26-24-9-4-2-7-22(24)23-8-3-5-10-25(23)26/h2-5,7-10,15,18,26-29H,1,6,11-14,16-17,19,34H2,(H,36,39)(H,37,43)(H,41,42)/t27-,28-,29-/m0/s1. The van der Waals surface area contributed by atoms with Crippen LogP contribution >= 0.6 is 0 Å². The van der Waals surface area contributed by atoms with Gasteiger partial charge >= 0.3 is 12.1 Å². The molecule has 3 aliphatic rings. The monoisotopic (exact) mass is 599 g/mol. The molecule has 1 fully saturated rings. The number of ether oxygens (including phenoxy) is 1. The second-order valence-electron chi connectivity index (χ2n) is 11.3. The molecule has 0 saturated carbocycles. The molecule has 2 aromatic rings. The van der Waals surface area contributed by atoms with Crippen LogP contribution in [0.3, 0.4) is 0 Å². The fraction of sp³-hybridized carbons (Fsp3) is 0.364. The lowest BCUT2D eigenvalue weighted by Gasteiger charge is -2.29. The van der Waals surface area contributed by atoms with Crippen LogP contribution in [0.2, 0.25) is 0 Å². The number of nitrogens with zero attached hydrogens (tertiary/aromatic N) is 2. The average Bonchev–Trinajstić information content (AvgIpc) is 3.77. The Hall–Kier alpha value is -4.93. The third kappa shape index (κ3) is 6.82. The predicted octanol–water partition coefficient (Wildman–Crippen LogP) is 3.46. The molecule has 44 heavy (non-hydrogen) atoms. The first-order valence-electron chi connectivity index (χ1n) is 14.8. The van der Waals surface area contributed by atoms with Gasteiger partial charge in [-0.1, -0.05) is 55.1 Å². The van der Waals surface area contributed by atoms with Crippen LogP contribution in [0.15, 0.2) is 77.6 Å². The lowest BCUT2D eigenvalue weighted by Crippen LogP contribution is -2.56. The fourth-order valence-corrected chi connectivity index (χ4v) is 6.12. The van der Waals surface area contributed by atoms with E-state index in [0.717, 1.165) is 27.8 Å². The minimum atomic E-state index is -1.09. The minimum absolute atomic E-state index is 0.0747. The van der Waals surface area contributed by atoms with Crippen molar-refractivity contribution in [1.29, 1.82) is 0 Å². The molecule has 5 N–H and O–H groups in total. The summed E-state index contributed by atoms with van der Waals surface area (Å²) in [5.74, 6) is -2.35. The summed E-state index contributed by atoms with van der Waals surface area (Å²) in [7, 11) is 0. The Morgan fingerprint density at radius 3 is 2.34 bits per heavy atom. The first kappa shape index (κ1) is 30.5. The summed E-state index contributed by atoms with van der Waals surface area (Å²) in [4.78, 5) is 57.4. The summed E-state index contributed by atoms with van der Waals surface area (Å²) in [6.45, 7) is 4.03. The molecule has 0 radical (unpaired) electrons. The Bertz CT molecular complexity index is 1470. The molecular formula is C33H37N5O6. The molecular weight excluding hydrogens is 562 g/mol. The van der Waals surface area contributed by atoms with Crippen LogP contribution in [0.5, 0.6) is 0 Å². The molecule has 3 amide bonds. The number of likely N-dealkylation sites (tertiary alicyclic amines) is 1. The number of allylic oxidation sites excluding steroid dienone is 1. The highest BCUT2D eigenvalue weighted by atomic mass is 16.5. The van der Waals surface area contributed by atoms with Gasteiger partial charge < -0.3 is 31.1 Å². The lowest BCUT2D eigenvalue weighted by molar-refractivity contribution is -0.149. The van der Waals surface area contributed by atoms with Crippen LogP contribution in [0.25, 0.3) is 11.1 Å². The average molecular weight is 600 g/mol. The quantitative estimate of drug-likeness (QED) is 0.290. The van der Waals surface area contributed by atoms with Gasteiger partial charge in [0.25, 0.3) is 0 Å². The number of alkyl carbamates (subject to hydrolysis) is 1. The van der Waals surface area contributed by atoms with E-state index in [-0.39, 0.29) is 38.3 Å². The van der Waals surface area contributed by atoms with Crippen molar-refractivity contribution in [3.8, 4) is 11.1 Å². The van der Waals surface area contributed by atoms with Crippen molar-refractivity contribution in [2.24, 2.45) is 10.7 Å². The van der Waals surface area contributed by atoms with Gasteiger partial charge in [0.15, 0.2) is 0 Å². The van der Waals surface area contributed by atoms with Gasteiger partial charge in [0, 0.05) is 37.0 Å². The normalized spacial score (nSPS) is 18.1. The van der Waals surface area contributed by atoms with Crippen LogP contribution in [-0.2, 0) is 19.1 Å². The molecule has 0 bridgehead atoms. The zero-order valence-corrected chi connectivity index (χ0v) is 24.4. The van der Waals surface area contributed by atoms with E-state index >= 15 is 0 Å². The third-order valence-electron chi connectivity index (χ3n) is 8.32. The number of aliphatic carboxylic acids is 1. The number of nitrogens with two attached hydrogens (primary N) is 1. The summed E-state index contributed by atoms with van der Waals surface area (Å²) in [6.07, 6.45) is 4.52. The highest BCUT2D eigenvalue weighted by molar-refractivity contribution is 5.93. The van der Waals surface area contributed by atoms with Crippen molar-refractivity contribution in [2.45, 2.75) is 62.6 Å². The maximum Gasteiger partial charge on any atom is 0.407 e. The SMILES string of the molecule is C=C(N)CC[C@H](NC(=O)[C@H](CC1=CN=CC1)NC(=O)OCC1c2ccccc2-c2ccccc21)C(=O)N1CCC[C@H]1C(=O)O. The number of carbonyl (C=O) groups is 4. The molecule has 2 aromatic carbocycles. The van der Waals surface area contributed by atoms with E-state index in [0.29, 0.717) is 25.0 Å². The van der Waals surface area contributed by atoms with Gasteiger partial charge in [0.05, 0.1) is 0 Å². The first-order valence-corrected chi connectivity index (χ1v) is 14.8. The van der Waals surface area contributed by atoms with E-state index in [1.807, 2.05) is 48.5 Å². The third-order valence-corrected chi connectivity index (χ3v) is 8.32. The number of aliphatic imine (C=N–C) groups is 1. The summed E-state index contributed by atoms with van der Waals surface area (Å²) < 4.78 is 5.69. The lowest BCUT2D eigenvalue weighted by atomic mass is 9.98. The largest absolute Gasteiger partial charge is 0.480 e. The van der Waals surface area contributed by atoms with Crippen LogP contribution in [0.4, 0.5) is 4.79 Å². The number of carbonyl (C=O) groups excluding carboxylic acids is 3. The number of carboxylic acid groups (broad SMARTS) is 1. The summed E-state index contributed by atoms with van der Waals surface area (Å²) in [5, 5.41) is 15.0. The van der Waals surface area contributed by atoms with Crippen LogP contribution in [-0.4, -0.2) is 71.4 Å². The summed E-state index contributed by atoms with van der Waals surface area (Å²) >= 11 is 0. The van der Waals surface area contributed by atoms with Gasteiger partial charge in [-0.2, -0.15) is 0 Å². The highest BCUT2D eigenvalue weighted by Gasteiger charge is 2.38. The van der Waals surface area contributed by atoms with Crippen molar-refractivity contribution in [1.82, 2.24) is 15.5 Å². The Morgan fingerprint density at radius 1 is 1.05 bits per heavy atom. The van der Waals surface area contributed by atoms with E-state index in [4.69, 9.17) is 10.5 Å². The maximum atomic E-state index is 13.7. The van der Waals surface area contributed by atoms with E-state index in [2.05, 4.69) is 22.2 Å². The molecule has 2 heterocycles. The molecule has 2 aliphatic heterocycles. The fourth-order valence-electron chi connectivity index (χ4n) is 6.12. The molecule has 1 aliphatic carbocycles. The van der Waals surface area contributed by atoms with Crippen LogP contribution in [0.1, 0.15) is 55.6 Å². The van der Waals surface area contributed by atoms with E-state index in [9.17, 15) is 24.3 Å². The molecule has 0 unspecified atom stereocenters. The molecule has 5 rings (SSSR count). The molecule has 11 heteroatoms. The number of rotatable bonds is 12. The van der Waals surface area contributed by atoms with Crippen molar-refractivity contribution in [2.75, 3.05) is 13.2 Å². The Labute approximate surface area is 255 Å². The van der Waals surface area contributed by atoms with Crippen molar-refractivity contribution < 1.29 is 29.0 Å². The van der Waals surface area contributed by atoms with E-state index < -0.39 is 42.0 Å². The number of hydrogen-bond acceptors (Lipinski definition) is 7. The van der Waals surface area contributed by atoms with E-state index in [1.54, 1.807) is 12.4 Å². The molecule has 0 aromatic heterocycles. The minimum Gasteiger partial charge on any atom is -0.480 e. The number of carboxylic acids is 1. The summed E-state index contributed by atoms with van der Waals surface area (Å²) in [6, 6.07) is 12.9. The van der Waals surface area contributed by atoms with Gasteiger partial charge in [-0.3, -0.25) is 14.6 Å². The number of amides is 3. The maximum absolute atomic E-state index is 13.7. The highest BCUT2D eigenvalue weighted by Crippen LogP contribution is 2.44. The molecule has 11 nitrogen and oxygen atoms in total. The Kier molecular flexibility index (Phi) is 9.42. The number of fused-ring (bicyclic) bond motifs is 3. The Balaban J connectivity index is 1.28. The first-order chi connectivity index (χ1) is 21.2. The van der Waals surface area contributed by atoms with Crippen LogP contribution < -0.4 is 16.4 Å². The number of nitrogens with one attached hydrogen (secondary N) is 2. The predicted molar refractivity (Wildman–Crippen MR) is 165 cm³/mol.